The number of nitrogens with zero attached hydrogens (tertiary/aromatic N) is 1. The van der Waals surface area contributed by atoms with Gasteiger partial charge in [-0.25, -0.2) is 17.9 Å². The normalized spacial score (nSPS) is 17.7. The smallest absolute Gasteiger partial charge is 0.240 e. The number of rotatable bonds is 2. The Morgan fingerprint density at radius 3 is 2.42 bits per heavy atom. The fourth-order valence-corrected chi connectivity index (χ4v) is 3.37. The maximum absolute atomic E-state index is 13.1. The minimum Gasteiger partial charge on any atom is -0.396 e. The molecule has 106 valence electrons. The van der Waals surface area contributed by atoms with Gasteiger partial charge in [0.1, 0.15) is 11.1 Å². The molecule has 0 aliphatic carbocycles. The van der Waals surface area contributed by atoms with E-state index < -0.39 is 16.2 Å². The van der Waals surface area contributed by atoms with Crippen molar-refractivity contribution < 1.29 is 12.8 Å². The highest BCUT2D eigenvalue weighted by molar-refractivity contribution is 7.89. The molecule has 7 heteroatoms. The van der Waals surface area contributed by atoms with Crippen LogP contribution in [0.5, 0.6) is 0 Å². The van der Waals surface area contributed by atoms with Crippen LogP contribution in [0.4, 0.5) is 15.8 Å². The third-order valence-electron chi connectivity index (χ3n) is 3.42. The van der Waals surface area contributed by atoms with Crippen molar-refractivity contribution in [2.24, 2.45) is 5.14 Å². The lowest BCUT2D eigenvalue weighted by Gasteiger charge is -2.32. The zero-order valence-electron chi connectivity index (χ0n) is 10.8. The summed E-state index contributed by atoms with van der Waals surface area (Å²) < 4.78 is 36.3. The summed E-state index contributed by atoms with van der Waals surface area (Å²) >= 11 is 0. The van der Waals surface area contributed by atoms with Crippen LogP contribution >= 0.6 is 0 Å². The molecule has 1 heterocycles. The van der Waals surface area contributed by atoms with Crippen molar-refractivity contribution in [3.8, 4) is 0 Å². The summed E-state index contributed by atoms with van der Waals surface area (Å²) in [5.41, 5.74) is 7.22. The van der Waals surface area contributed by atoms with E-state index in [4.69, 9.17) is 10.9 Å². The van der Waals surface area contributed by atoms with Gasteiger partial charge in [-0.2, -0.15) is 0 Å². The van der Waals surface area contributed by atoms with E-state index in [1.165, 1.54) is 0 Å². The molecule has 2 rings (SSSR count). The highest BCUT2D eigenvalue weighted by atomic mass is 32.2. The number of primary sulfonamides is 1. The van der Waals surface area contributed by atoms with Crippen molar-refractivity contribution in [3.63, 3.8) is 0 Å². The molecule has 4 N–H and O–H groups in total. The molecular formula is C12H18FN3O2S. The van der Waals surface area contributed by atoms with Crippen molar-refractivity contribution in [1.82, 2.24) is 0 Å². The van der Waals surface area contributed by atoms with E-state index >= 15 is 0 Å². The molecule has 19 heavy (non-hydrogen) atoms. The zero-order chi connectivity index (χ0) is 14.2. The van der Waals surface area contributed by atoms with Crippen LogP contribution in [0.1, 0.15) is 18.4 Å². The maximum Gasteiger partial charge on any atom is 0.240 e. The number of anilines is 2. The summed E-state index contributed by atoms with van der Waals surface area (Å²) in [6.45, 7) is 2.70. The first-order valence-corrected chi connectivity index (χ1v) is 7.66. The molecular weight excluding hydrogens is 269 g/mol. The first-order chi connectivity index (χ1) is 8.80. The van der Waals surface area contributed by atoms with Crippen LogP contribution in [0.15, 0.2) is 17.0 Å². The van der Waals surface area contributed by atoms with Crippen molar-refractivity contribution in [2.75, 3.05) is 23.7 Å². The van der Waals surface area contributed by atoms with Crippen LogP contribution < -0.4 is 15.8 Å². The Hall–Kier alpha value is -1.34. The molecule has 0 unspecified atom stereocenters. The molecule has 0 bridgehead atoms. The predicted molar refractivity (Wildman–Crippen MR) is 73.3 cm³/mol. The largest absolute Gasteiger partial charge is 0.396 e. The lowest BCUT2D eigenvalue weighted by Crippen LogP contribution is -2.35. The lowest BCUT2D eigenvalue weighted by atomic mass is 10.1. The number of sulfonamides is 1. The number of alkyl halides is 1. The van der Waals surface area contributed by atoms with Crippen LogP contribution in [0.25, 0.3) is 0 Å². The summed E-state index contributed by atoms with van der Waals surface area (Å²) in [5, 5.41) is 5.19. The molecule has 0 amide bonds. The Morgan fingerprint density at radius 2 is 1.89 bits per heavy atom. The fraction of sp³-hybridized carbons (Fsp3) is 0.500. The van der Waals surface area contributed by atoms with Gasteiger partial charge in [0.2, 0.25) is 10.0 Å². The summed E-state index contributed by atoms with van der Waals surface area (Å²) in [5.74, 6) is 0. The summed E-state index contributed by atoms with van der Waals surface area (Å²) in [7, 11) is -3.86. The van der Waals surface area contributed by atoms with Crippen LogP contribution in [0, 0.1) is 6.92 Å². The maximum atomic E-state index is 13.1. The van der Waals surface area contributed by atoms with Crippen molar-refractivity contribution in [1.29, 1.82) is 0 Å². The second-order valence-electron chi connectivity index (χ2n) is 4.85. The average Bonchev–Trinajstić information content (AvgIpc) is 2.29. The van der Waals surface area contributed by atoms with Gasteiger partial charge in [0.15, 0.2) is 0 Å². The van der Waals surface area contributed by atoms with Gasteiger partial charge in [-0.05, 0) is 31.4 Å². The molecule has 5 nitrogen and oxygen atoms in total. The van der Waals surface area contributed by atoms with Gasteiger partial charge in [-0.1, -0.05) is 6.07 Å². The number of benzene rings is 1. The van der Waals surface area contributed by atoms with Crippen molar-refractivity contribution in [2.45, 2.75) is 30.8 Å². The number of nitrogen functional groups attached to an aromatic ring is 1. The lowest BCUT2D eigenvalue weighted by molar-refractivity contribution is 0.277. The Balaban J connectivity index is 2.43. The van der Waals surface area contributed by atoms with Crippen LogP contribution in [0.2, 0.25) is 0 Å². The Kier molecular flexibility index (Phi) is 3.69. The van der Waals surface area contributed by atoms with E-state index in [2.05, 4.69) is 0 Å². The molecule has 1 aliphatic rings. The summed E-state index contributed by atoms with van der Waals surface area (Å²) in [4.78, 5) is 1.87. The van der Waals surface area contributed by atoms with Gasteiger partial charge in [-0.15, -0.1) is 0 Å². The molecule has 0 saturated carbocycles. The van der Waals surface area contributed by atoms with E-state index in [1.807, 2.05) is 4.90 Å². The fourth-order valence-electron chi connectivity index (χ4n) is 2.44. The van der Waals surface area contributed by atoms with Crippen LogP contribution in [-0.4, -0.2) is 27.7 Å². The molecule has 1 saturated heterocycles. The highest BCUT2D eigenvalue weighted by Crippen LogP contribution is 2.33. The number of hydrogen-bond acceptors (Lipinski definition) is 4. The first kappa shape index (κ1) is 14.1. The van der Waals surface area contributed by atoms with Gasteiger partial charge < -0.3 is 10.6 Å². The average molecular weight is 287 g/mol. The predicted octanol–water partition coefficient (Wildman–Crippen LogP) is 1.16. The molecule has 1 aromatic carbocycles. The molecule has 0 radical (unpaired) electrons. The number of halogens is 1. The second kappa shape index (κ2) is 4.97. The van der Waals surface area contributed by atoms with Gasteiger partial charge >= 0.3 is 0 Å². The number of hydrogen-bond donors (Lipinski definition) is 2. The van der Waals surface area contributed by atoms with Gasteiger partial charge in [-0.3, -0.25) is 0 Å². The summed E-state index contributed by atoms with van der Waals surface area (Å²) in [6.07, 6.45) is 0.0661. The number of nitrogens with two attached hydrogens (primary N) is 2. The Bertz CT molecular complexity index is 581. The molecule has 0 aromatic heterocycles. The standard InChI is InChI=1S/C12H18FN3O2S/c1-8-2-3-10(11(14)12(8)19(15,17)18)16-6-4-9(13)5-7-16/h2-3,9H,4-7,14H2,1H3,(H2,15,17,18). The molecule has 0 atom stereocenters. The van der Waals surface area contributed by atoms with Gasteiger partial charge in [0.25, 0.3) is 0 Å². The monoisotopic (exact) mass is 287 g/mol. The van der Waals surface area contributed by atoms with Crippen LogP contribution in [-0.2, 0) is 10.0 Å². The second-order valence-corrected chi connectivity index (χ2v) is 6.35. The number of piperidine rings is 1. The molecule has 1 fully saturated rings. The highest BCUT2D eigenvalue weighted by Gasteiger charge is 2.24. The third-order valence-corrected chi connectivity index (χ3v) is 4.53. The van der Waals surface area contributed by atoms with Gasteiger partial charge in [0, 0.05) is 13.1 Å². The van der Waals surface area contributed by atoms with Gasteiger partial charge in [0.05, 0.1) is 11.4 Å². The van der Waals surface area contributed by atoms with E-state index in [-0.39, 0.29) is 10.6 Å². The first-order valence-electron chi connectivity index (χ1n) is 6.11. The number of aryl methyl sites for hydroxylation is 1. The van der Waals surface area contributed by atoms with E-state index in [0.29, 0.717) is 37.2 Å². The molecule has 1 aromatic rings. The van der Waals surface area contributed by atoms with E-state index in [9.17, 15) is 12.8 Å². The van der Waals surface area contributed by atoms with E-state index in [0.717, 1.165) is 0 Å². The van der Waals surface area contributed by atoms with Crippen LogP contribution in [0.3, 0.4) is 0 Å². The minimum absolute atomic E-state index is 0.0348. The SMILES string of the molecule is Cc1ccc(N2CCC(F)CC2)c(N)c1S(N)(=O)=O. The van der Waals surface area contributed by atoms with E-state index in [1.54, 1.807) is 19.1 Å². The molecule has 0 spiro atoms. The Labute approximate surface area is 112 Å². The zero-order valence-corrected chi connectivity index (χ0v) is 11.6. The Morgan fingerprint density at radius 1 is 1.32 bits per heavy atom. The molecule has 1 aliphatic heterocycles. The minimum atomic E-state index is -3.86. The third kappa shape index (κ3) is 2.82. The van der Waals surface area contributed by atoms with Crippen molar-refractivity contribution in [3.05, 3.63) is 17.7 Å². The quantitative estimate of drug-likeness (QED) is 0.799. The topological polar surface area (TPSA) is 89.4 Å². The summed E-state index contributed by atoms with van der Waals surface area (Å²) in [6, 6.07) is 3.44. The van der Waals surface area contributed by atoms with Crippen molar-refractivity contribution >= 4 is 21.4 Å².